The van der Waals surface area contributed by atoms with Gasteiger partial charge in [0.2, 0.25) is 5.75 Å². The maximum atomic E-state index is 11.4. The zero-order valence-corrected chi connectivity index (χ0v) is 12.0. The van der Waals surface area contributed by atoms with Gasteiger partial charge in [0.1, 0.15) is 11.5 Å². The number of nitro benzene ring substituents is 1. The van der Waals surface area contributed by atoms with E-state index in [1.807, 2.05) is 0 Å². The van der Waals surface area contributed by atoms with Gasteiger partial charge in [-0.25, -0.2) is 4.79 Å². The predicted octanol–water partition coefficient (Wildman–Crippen LogP) is 1.25. The van der Waals surface area contributed by atoms with Gasteiger partial charge in [0, 0.05) is 18.2 Å². The number of esters is 1. The first-order chi connectivity index (χ1) is 10.3. The number of aliphatic hydroxyl groups excluding tert-OH is 1. The first kappa shape index (κ1) is 17.0. The average molecular weight is 311 g/mol. The molecule has 9 nitrogen and oxygen atoms in total. The summed E-state index contributed by atoms with van der Waals surface area (Å²) in [6.45, 7) is 0. The fourth-order valence-corrected chi connectivity index (χ4v) is 1.59. The number of ketones is 1. The predicted molar refractivity (Wildman–Crippen MR) is 73.8 cm³/mol. The van der Waals surface area contributed by atoms with Crippen LogP contribution in [0, 0.1) is 10.1 Å². The third-order valence-corrected chi connectivity index (χ3v) is 2.63. The molecule has 1 rings (SSSR count). The number of hydrogen-bond donors (Lipinski definition) is 1. The summed E-state index contributed by atoms with van der Waals surface area (Å²) in [5, 5.41) is 20.9. The monoisotopic (exact) mass is 311 g/mol. The fourth-order valence-electron chi connectivity index (χ4n) is 1.59. The van der Waals surface area contributed by atoms with Crippen LogP contribution in [0.5, 0.6) is 11.5 Å². The van der Waals surface area contributed by atoms with Gasteiger partial charge in [0.25, 0.3) is 5.78 Å². The highest BCUT2D eigenvalue weighted by atomic mass is 16.6. The van der Waals surface area contributed by atoms with Crippen molar-refractivity contribution >= 4 is 23.2 Å². The first-order valence-corrected chi connectivity index (χ1v) is 5.79. The van der Waals surface area contributed by atoms with E-state index < -0.39 is 28.1 Å². The zero-order valence-electron chi connectivity index (χ0n) is 12.0. The van der Waals surface area contributed by atoms with Gasteiger partial charge in [-0.15, -0.1) is 0 Å². The summed E-state index contributed by atoms with van der Waals surface area (Å²) in [6.07, 6.45) is 0.583. The Morgan fingerprint density at radius 1 is 1.18 bits per heavy atom. The number of nitrogens with zero attached hydrogens (tertiary/aromatic N) is 1. The molecule has 1 aromatic rings. The number of carbonyl (C=O) groups excluding carboxylic acids is 2. The van der Waals surface area contributed by atoms with Gasteiger partial charge in [-0.3, -0.25) is 14.9 Å². The highest BCUT2D eigenvalue weighted by molar-refractivity contribution is 6.39. The van der Waals surface area contributed by atoms with Crippen LogP contribution in [0.3, 0.4) is 0 Å². The summed E-state index contributed by atoms with van der Waals surface area (Å²) < 4.78 is 14.0. The van der Waals surface area contributed by atoms with Crippen LogP contribution < -0.4 is 9.47 Å². The Labute approximate surface area is 124 Å². The van der Waals surface area contributed by atoms with Crippen molar-refractivity contribution in [1.29, 1.82) is 0 Å². The fraction of sp³-hybridized carbons (Fsp3) is 0.231. The van der Waals surface area contributed by atoms with Crippen LogP contribution in [0.15, 0.2) is 18.2 Å². The second kappa shape index (κ2) is 7.07. The molecule has 0 aliphatic heterocycles. The SMILES string of the molecule is COC(=O)C(=O)/C=C(\O)c1cc([N+](=O)[O-])c(OC)cc1OC. The van der Waals surface area contributed by atoms with Crippen molar-refractivity contribution in [1.82, 2.24) is 0 Å². The van der Waals surface area contributed by atoms with Crippen LogP contribution in [0.2, 0.25) is 0 Å². The molecule has 1 aromatic carbocycles. The van der Waals surface area contributed by atoms with Crippen molar-refractivity contribution in [2.24, 2.45) is 0 Å². The molecule has 0 aliphatic rings. The van der Waals surface area contributed by atoms with E-state index in [9.17, 15) is 24.8 Å². The highest BCUT2D eigenvalue weighted by Crippen LogP contribution is 2.36. The molecule has 0 heterocycles. The van der Waals surface area contributed by atoms with Crippen molar-refractivity contribution in [2.75, 3.05) is 21.3 Å². The minimum Gasteiger partial charge on any atom is -0.507 e. The number of benzene rings is 1. The second-order valence-corrected chi connectivity index (χ2v) is 3.87. The van der Waals surface area contributed by atoms with E-state index >= 15 is 0 Å². The minimum absolute atomic E-state index is 0.0221. The van der Waals surface area contributed by atoms with Crippen LogP contribution in [0.4, 0.5) is 5.69 Å². The topological polar surface area (TPSA) is 125 Å². The van der Waals surface area contributed by atoms with Crippen molar-refractivity contribution in [3.05, 3.63) is 33.9 Å². The van der Waals surface area contributed by atoms with Gasteiger partial charge < -0.3 is 19.3 Å². The number of aliphatic hydroxyl groups is 1. The van der Waals surface area contributed by atoms with Gasteiger partial charge in [0.15, 0.2) is 0 Å². The van der Waals surface area contributed by atoms with Crippen LogP contribution in [0.1, 0.15) is 5.56 Å². The molecular weight excluding hydrogens is 298 g/mol. The Morgan fingerprint density at radius 2 is 1.77 bits per heavy atom. The Balaban J connectivity index is 3.42. The van der Waals surface area contributed by atoms with E-state index in [0.29, 0.717) is 6.08 Å². The minimum atomic E-state index is -1.19. The Kier molecular flexibility index (Phi) is 5.44. The Hall–Kier alpha value is -3.10. The summed E-state index contributed by atoms with van der Waals surface area (Å²) in [6, 6.07) is 2.15. The molecule has 0 aliphatic carbocycles. The molecule has 0 radical (unpaired) electrons. The lowest BCUT2D eigenvalue weighted by atomic mass is 10.1. The zero-order chi connectivity index (χ0) is 16.9. The third-order valence-electron chi connectivity index (χ3n) is 2.63. The van der Waals surface area contributed by atoms with E-state index in [4.69, 9.17) is 9.47 Å². The van der Waals surface area contributed by atoms with Crippen molar-refractivity contribution in [2.45, 2.75) is 0 Å². The molecule has 0 spiro atoms. The molecule has 0 atom stereocenters. The maximum absolute atomic E-state index is 11.4. The first-order valence-electron chi connectivity index (χ1n) is 5.79. The summed E-state index contributed by atoms with van der Waals surface area (Å²) in [7, 11) is 3.50. The number of methoxy groups -OCH3 is 3. The van der Waals surface area contributed by atoms with Crippen molar-refractivity contribution in [3.63, 3.8) is 0 Å². The van der Waals surface area contributed by atoms with E-state index in [2.05, 4.69) is 4.74 Å². The van der Waals surface area contributed by atoms with Crippen LogP contribution in [-0.4, -0.2) is 43.1 Å². The summed E-state index contributed by atoms with van der Waals surface area (Å²) in [5.74, 6) is -3.06. The number of carbonyl (C=O) groups is 2. The number of ether oxygens (including phenoxy) is 3. The van der Waals surface area contributed by atoms with Crippen LogP contribution >= 0.6 is 0 Å². The molecule has 0 amide bonds. The molecule has 0 saturated heterocycles. The molecule has 22 heavy (non-hydrogen) atoms. The maximum Gasteiger partial charge on any atom is 0.378 e. The van der Waals surface area contributed by atoms with Crippen molar-refractivity contribution < 1.29 is 33.8 Å². The van der Waals surface area contributed by atoms with E-state index in [-0.39, 0.29) is 17.1 Å². The molecule has 0 saturated carbocycles. The molecule has 0 unspecified atom stereocenters. The van der Waals surface area contributed by atoms with Gasteiger partial charge >= 0.3 is 11.7 Å². The molecular formula is C13H13NO8. The Morgan fingerprint density at radius 3 is 2.23 bits per heavy atom. The van der Waals surface area contributed by atoms with Crippen molar-refractivity contribution in [3.8, 4) is 11.5 Å². The second-order valence-electron chi connectivity index (χ2n) is 3.87. The number of rotatable bonds is 6. The molecule has 0 aromatic heterocycles. The summed E-state index contributed by atoms with van der Waals surface area (Å²) in [5.41, 5.74) is -0.587. The van der Waals surface area contributed by atoms with Gasteiger partial charge in [-0.05, 0) is 0 Å². The van der Waals surface area contributed by atoms with E-state index in [1.54, 1.807) is 0 Å². The molecule has 0 fully saturated rings. The molecule has 0 bridgehead atoms. The summed E-state index contributed by atoms with van der Waals surface area (Å²) in [4.78, 5) is 32.7. The third kappa shape index (κ3) is 3.51. The lowest BCUT2D eigenvalue weighted by molar-refractivity contribution is -0.385. The van der Waals surface area contributed by atoms with Gasteiger partial charge in [0.05, 0.1) is 31.8 Å². The quantitative estimate of drug-likeness (QED) is 0.208. The largest absolute Gasteiger partial charge is 0.507 e. The van der Waals surface area contributed by atoms with E-state index in [0.717, 1.165) is 13.2 Å². The van der Waals surface area contributed by atoms with Crippen LogP contribution in [-0.2, 0) is 14.3 Å². The average Bonchev–Trinajstić information content (AvgIpc) is 2.51. The molecule has 9 heteroatoms. The molecule has 118 valence electrons. The van der Waals surface area contributed by atoms with Crippen LogP contribution in [0.25, 0.3) is 5.76 Å². The number of nitro groups is 1. The lowest BCUT2D eigenvalue weighted by Gasteiger charge is -2.10. The van der Waals surface area contributed by atoms with E-state index in [1.165, 1.54) is 20.3 Å². The van der Waals surface area contributed by atoms with Gasteiger partial charge in [-0.2, -0.15) is 0 Å². The normalized spacial score (nSPS) is 10.8. The smallest absolute Gasteiger partial charge is 0.378 e. The summed E-state index contributed by atoms with van der Waals surface area (Å²) >= 11 is 0. The highest BCUT2D eigenvalue weighted by Gasteiger charge is 2.22. The number of hydrogen-bond acceptors (Lipinski definition) is 8. The standard InChI is InChI=1S/C13H13NO8/c1-20-11-6-12(21-2)8(14(18)19)4-7(11)9(15)5-10(16)13(17)22-3/h4-6,15H,1-3H3/b9-5-. The van der Waals surface area contributed by atoms with Gasteiger partial charge in [-0.1, -0.05) is 0 Å². The molecule has 1 N–H and O–H groups in total. The Bertz CT molecular complexity index is 650. The lowest BCUT2D eigenvalue weighted by Crippen LogP contribution is -2.13.